The number of alkyl halides is 3. The Morgan fingerprint density at radius 1 is 1.47 bits per heavy atom. The van der Waals surface area contributed by atoms with Crippen LogP contribution in [0.25, 0.3) is 0 Å². The summed E-state index contributed by atoms with van der Waals surface area (Å²) in [5, 5.41) is 2.67. The molecule has 1 rings (SSSR count). The lowest BCUT2D eigenvalue weighted by Gasteiger charge is -2.21. The number of hydrogen-bond acceptors (Lipinski definition) is 2. The van der Waals surface area contributed by atoms with Gasteiger partial charge in [-0.15, -0.1) is 0 Å². The van der Waals surface area contributed by atoms with E-state index in [0.29, 0.717) is 13.0 Å². The maximum absolute atomic E-state index is 11.7. The maximum Gasteiger partial charge on any atom is 0.411 e. The molecule has 1 saturated heterocycles. The quantitative estimate of drug-likeness (QED) is 0.736. The van der Waals surface area contributed by atoms with Gasteiger partial charge in [0.2, 0.25) is 5.91 Å². The highest BCUT2D eigenvalue weighted by molar-refractivity contribution is 5.79. The van der Waals surface area contributed by atoms with Gasteiger partial charge in [-0.05, 0) is 19.3 Å². The molecule has 0 aromatic carbocycles. The second-order valence-corrected chi connectivity index (χ2v) is 3.59. The summed E-state index contributed by atoms with van der Waals surface area (Å²) < 4.78 is 39.5. The zero-order valence-electron chi connectivity index (χ0n) is 8.27. The van der Waals surface area contributed by atoms with Gasteiger partial charge in [0, 0.05) is 19.1 Å². The molecule has 88 valence electrons. The first-order valence-corrected chi connectivity index (χ1v) is 4.91. The Kier molecular flexibility index (Phi) is 4.38. The monoisotopic (exact) mass is 225 g/mol. The van der Waals surface area contributed by atoms with Crippen LogP contribution in [0.1, 0.15) is 19.3 Å². The molecular weight excluding hydrogens is 211 g/mol. The summed E-state index contributed by atoms with van der Waals surface area (Å²) in [6.45, 7) is -0.586. The normalized spacial score (nSPS) is 22.6. The van der Waals surface area contributed by atoms with E-state index in [9.17, 15) is 18.0 Å². The first kappa shape index (κ1) is 12.3. The van der Waals surface area contributed by atoms with Crippen molar-refractivity contribution in [1.29, 1.82) is 0 Å². The van der Waals surface area contributed by atoms with Crippen molar-refractivity contribution >= 4 is 5.91 Å². The van der Waals surface area contributed by atoms with Gasteiger partial charge in [0.05, 0.1) is 0 Å². The van der Waals surface area contributed by atoms with Crippen LogP contribution in [0.15, 0.2) is 0 Å². The number of carbonyl (C=O) groups is 1. The van der Waals surface area contributed by atoms with E-state index in [4.69, 9.17) is 0 Å². The van der Waals surface area contributed by atoms with Gasteiger partial charge < -0.3 is 10.1 Å². The smallest absolute Gasteiger partial charge is 0.372 e. The number of hydrogen-bond donors (Lipinski definition) is 1. The fourth-order valence-electron chi connectivity index (χ4n) is 1.52. The van der Waals surface area contributed by atoms with Crippen LogP contribution in [-0.2, 0) is 9.53 Å². The zero-order valence-corrected chi connectivity index (χ0v) is 8.27. The third-order valence-corrected chi connectivity index (χ3v) is 2.28. The van der Waals surface area contributed by atoms with Crippen LogP contribution in [-0.4, -0.2) is 31.8 Å². The molecule has 0 bridgehead atoms. The van der Waals surface area contributed by atoms with E-state index in [1.54, 1.807) is 0 Å². The number of rotatable bonds is 4. The fraction of sp³-hybridized carbons (Fsp3) is 0.889. The van der Waals surface area contributed by atoms with Gasteiger partial charge in [-0.25, -0.2) is 0 Å². The standard InChI is InChI=1S/C9H14F3NO2/c10-9(11,12)6-15-5-3-7-2-1-4-13-8(7)14/h7H,1-6H2,(H,13,14). The zero-order chi connectivity index (χ0) is 11.3. The lowest BCUT2D eigenvalue weighted by Crippen LogP contribution is -2.37. The number of nitrogens with one attached hydrogen (secondary N) is 1. The van der Waals surface area contributed by atoms with Crippen LogP contribution in [0, 0.1) is 5.92 Å². The molecule has 1 fully saturated rings. The van der Waals surface area contributed by atoms with E-state index in [1.165, 1.54) is 0 Å². The number of ether oxygens (including phenoxy) is 1. The molecule has 6 heteroatoms. The lowest BCUT2D eigenvalue weighted by atomic mass is 9.96. The van der Waals surface area contributed by atoms with Crippen LogP contribution in [0.5, 0.6) is 0 Å². The first-order chi connectivity index (χ1) is 6.99. The van der Waals surface area contributed by atoms with Crippen LogP contribution in [0.3, 0.4) is 0 Å². The van der Waals surface area contributed by atoms with Crippen molar-refractivity contribution in [2.75, 3.05) is 19.8 Å². The van der Waals surface area contributed by atoms with Crippen LogP contribution in [0.4, 0.5) is 13.2 Å². The van der Waals surface area contributed by atoms with Crippen LogP contribution < -0.4 is 5.32 Å². The second kappa shape index (κ2) is 5.34. The Hall–Kier alpha value is -0.780. The van der Waals surface area contributed by atoms with Gasteiger partial charge in [0.25, 0.3) is 0 Å². The molecule has 0 aromatic rings. The molecular formula is C9H14F3NO2. The Labute approximate surface area is 86.0 Å². The van der Waals surface area contributed by atoms with E-state index in [-0.39, 0.29) is 18.4 Å². The van der Waals surface area contributed by atoms with Crippen LogP contribution in [0.2, 0.25) is 0 Å². The highest BCUT2D eigenvalue weighted by Gasteiger charge is 2.28. The molecule has 0 aliphatic carbocycles. The van der Waals surface area contributed by atoms with Gasteiger partial charge in [0.1, 0.15) is 6.61 Å². The fourth-order valence-corrected chi connectivity index (χ4v) is 1.52. The van der Waals surface area contributed by atoms with Crippen molar-refractivity contribution in [3.05, 3.63) is 0 Å². The minimum absolute atomic E-state index is 0.0163. The van der Waals surface area contributed by atoms with Gasteiger partial charge in [-0.2, -0.15) is 13.2 Å². The number of amides is 1. The van der Waals surface area contributed by atoms with Crippen molar-refractivity contribution in [3.63, 3.8) is 0 Å². The summed E-state index contributed by atoms with van der Waals surface area (Å²) in [6.07, 6.45) is -2.30. The molecule has 3 nitrogen and oxygen atoms in total. The largest absolute Gasteiger partial charge is 0.411 e. The Morgan fingerprint density at radius 2 is 2.20 bits per heavy atom. The molecule has 0 spiro atoms. The Bertz CT molecular complexity index is 218. The van der Waals surface area contributed by atoms with E-state index in [0.717, 1.165) is 12.8 Å². The van der Waals surface area contributed by atoms with Gasteiger partial charge >= 0.3 is 6.18 Å². The average Bonchev–Trinajstić information content (AvgIpc) is 2.13. The third-order valence-electron chi connectivity index (χ3n) is 2.28. The van der Waals surface area contributed by atoms with Crippen molar-refractivity contribution in [2.45, 2.75) is 25.4 Å². The average molecular weight is 225 g/mol. The van der Waals surface area contributed by atoms with E-state index in [1.807, 2.05) is 0 Å². The maximum atomic E-state index is 11.7. The van der Waals surface area contributed by atoms with Crippen LogP contribution >= 0.6 is 0 Å². The molecule has 0 aromatic heterocycles. The predicted molar refractivity (Wildman–Crippen MR) is 47.2 cm³/mol. The minimum Gasteiger partial charge on any atom is -0.372 e. The molecule has 0 radical (unpaired) electrons. The summed E-state index contributed by atoms with van der Waals surface area (Å²) in [7, 11) is 0. The first-order valence-electron chi connectivity index (χ1n) is 4.91. The van der Waals surface area contributed by atoms with E-state index < -0.39 is 12.8 Å². The third kappa shape index (κ3) is 5.01. The second-order valence-electron chi connectivity index (χ2n) is 3.59. The molecule has 1 N–H and O–H groups in total. The molecule has 1 unspecified atom stereocenters. The summed E-state index contributed by atoms with van der Waals surface area (Å²) >= 11 is 0. The summed E-state index contributed by atoms with van der Waals surface area (Å²) in [5.41, 5.74) is 0. The topological polar surface area (TPSA) is 38.3 Å². The molecule has 1 aliphatic rings. The molecule has 1 amide bonds. The Morgan fingerprint density at radius 3 is 2.80 bits per heavy atom. The van der Waals surface area contributed by atoms with Gasteiger partial charge in [-0.1, -0.05) is 0 Å². The van der Waals surface area contributed by atoms with Crippen molar-refractivity contribution in [2.24, 2.45) is 5.92 Å². The summed E-state index contributed by atoms with van der Waals surface area (Å²) in [4.78, 5) is 11.2. The SMILES string of the molecule is O=C1NCCCC1CCOCC(F)(F)F. The molecule has 1 atom stereocenters. The van der Waals surface area contributed by atoms with Crippen molar-refractivity contribution in [3.8, 4) is 0 Å². The van der Waals surface area contributed by atoms with E-state index in [2.05, 4.69) is 10.1 Å². The number of halogens is 3. The predicted octanol–water partition coefficient (Wildman–Crippen LogP) is 1.48. The van der Waals surface area contributed by atoms with Gasteiger partial charge in [0.15, 0.2) is 0 Å². The highest BCUT2D eigenvalue weighted by atomic mass is 19.4. The molecule has 1 aliphatic heterocycles. The van der Waals surface area contributed by atoms with Gasteiger partial charge in [-0.3, -0.25) is 4.79 Å². The summed E-state index contributed by atoms with van der Waals surface area (Å²) in [5.74, 6) is -0.260. The highest BCUT2D eigenvalue weighted by Crippen LogP contribution is 2.17. The lowest BCUT2D eigenvalue weighted by molar-refractivity contribution is -0.174. The number of piperidine rings is 1. The minimum atomic E-state index is -4.28. The number of carbonyl (C=O) groups excluding carboxylic acids is 1. The Balaban J connectivity index is 2.11. The summed E-state index contributed by atoms with van der Waals surface area (Å²) in [6, 6.07) is 0. The molecule has 1 heterocycles. The van der Waals surface area contributed by atoms with Crippen molar-refractivity contribution in [1.82, 2.24) is 5.32 Å². The molecule has 0 saturated carbocycles. The van der Waals surface area contributed by atoms with Crippen molar-refractivity contribution < 1.29 is 22.7 Å². The molecule has 15 heavy (non-hydrogen) atoms. The van der Waals surface area contributed by atoms with E-state index >= 15 is 0 Å².